The van der Waals surface area contributed by atoms with Crippen molar-refractivity contribution in [3.63, 3.8) is 0 Å². The second-order valence-corrected chi connectivity index (χ2v) is 5.79. The first kappa shape index (κ1) is 15.5. The molecular formula is C14H24N2O3. The summed E-state index contributed by atoms with van der Waals surface area (Å²) in [5.41, 5.74) is -0.519. The quantitative estimate of drug-likeness (QED) is 0.766. The summed E-state index contributed by atoms with van der Waals surface area (Å²) >= 11 is 0. The van der Waals surface area contributed by atoms with E-state index in [0.717, 1.165) is 13.0 Å². The molecule has 0 aromatic carbocycles. The molecule has 2 unspecified atom stereocenters. The van der Waals surface area contributed by atoms with Crippen molar-refractivity contribution >= 4 is 12.0 Å². The molecule has 0 radical (unpaired) electrons. The fourth-order valence-corrected chi connectivity index (χ4v) is 2.05. The number of allylic oxidation sites excluding steroid dienone is 1. The van der Waals surface area contributed by atoms with Gasteiger partial charge in [-0.1, -0.05) is 12.2 Å². The highest BCUT2D eigenvalue weighted by Gasteiger charge is 2.27. The van der Waals surface area contributed by atoms with Crippen molar-refractivity contribution in [2.45, 2.75) is 52.2 Å². The molecule has 2 atom stereocenters. The van der Waals surface area contributed by atoms with Gasteiger partial charge in [-0.25, -0.2) is 4.79 Å². The maximum absolute atomic E-state index is 11.7. The summed E-state index contributed by atoms with van der Waals surface area (Å²) < 4.78 is 5.22. The number of hydrogen-bond donors (Lipinski definition) is 2. The summed E-state index contributed by atoms with van der Waals surface area (Å²) in [5.74, 6) is 0.0385. The van der Waals surface area contributed by atoms with Crippen molar-refractivity contribution in [2.24, 2.45) is 5.92 Å². The van der Waals surface area contributed by atoms with E-state index in [2.05, 4.69) is 10.6 Å². The zero-order valence-corrected chi connectivity index (χ0v) is 12.2. The van der Waals surface area contributed by atoms with Gasteiger partial charge in [-0.3, -0.25) is 4.79 Å². The number of alkyl carbamates (subject to hydrolysis) is 1. The monoisotopic (exact) mass is 268 g/mol. The third kappa shape index (κ3) is 5.77. The Labute approximate surface area is 114 Å². The molecule has 1 saturated heterocycles. The third-order valence-corrected chi connectivity index (χ3v) is 2.83. The van der Waals surface area contributed by atoms with Crippen LogP contribution in [-0.4, -0.2) is 30.2 Å². The minimum absolute atomic E-state index is 0.0314. The fourth-order valence-electron chi connectivity index (χ4n) is 2.05. The van der Waals surface area contributed by atoms with Crippen LogP contribution in [0.5, 0.6) is 0 Å². The van der Waals surface area contributed by atoms with E-state index in [1.165, 1.54) is 0 Å². The summed E-state index contributed by atoms with van der Waals surface area (Å²) in [4.78, 5) is 23.3. The summed E-state index contributed by atoms with van der Waals surface area (Å²) in [6, 6.07) is -0.173. The second-order valence-electron chi connectivity index (χ2n) is 5.79. The molecule has 19 heavy (non-hydrogen) atoms. The Bertz CT molecular complexity index is 358. The minimum atomic E-state index is -0.519. The molecule has 1 rings (SSSR count). The first-order valence-electron chi connectivity index (χ1n) is 6.72. The van der Waals surface area contributed by atoms with Crippen LogP contribution < -0.4 is 10.6 Å². The Morgan fingerprint density at radius 3 is 2.74 bits per heavy atom. The lowest BCUT2D eigenvalue weighted by atomic mass is 9.98. The number of carbonyl (C=O) groups is 2. The molecule has 1 fully saturated rings. The van der Waals surface area contributed by atoms with Gasteiger partial charge in [0.2, 0.25) is 5.91 Å². The lowest BCUT2D eigenvalue weighted by Crippen LogP contribution is -2.39. The molecule has 1 aliphatic rings. The van der Waals surface area contributed by atoms with Crippen LogP contribution >= 0.6 is 0 Å². The van der Waals surface area contributed by atoms with Gasteiger partial charge >= 0.3 is 6.09 Å². The van der Waals surface area contributed by atoms with Gasteiger partial charge in [-0.15, -0.1) is 0 Å². The van der Waals surface area contributed by atoms with Gasteiger partial charge < -0.3 is 15.4 Å². The van der Waals surface area contributed by atoms with Crippen molar-refractivity contribution in [3.05, 3.63) is 12.2 Å². The van der Waals surface area contributed by atoms with Crippen molar-refractivity contribution in [1.82, 2.24) is 10.6 Å². The number of hydrogen-bond acceptors (Lipinski definition) is 3. The SMILES string of the molecule is C/C=C/C(CC1CCNC1=O)NC(=O)OC(C)(C)C. The highest BCUT2D eigenvalue weighted by atomic mass is 16.6. The highest BCUT2D eigenvalue weighted by Crippen LogP contribution is 2.17. The van der Waals surface area contributed by atoms with E-state index in [-0.39, 0.29) is 17.9 Å². The topological polar surface area (TPSA) is 67.4 Å². The normalized spacial score (nSPS) is 21.3. The average Bonchev–Trinajstić information content (AvgIpc) is 2.61. The molecule has 0 aromatic heterocycles. The number of rotatable bonds is 4. The molecule has 1 heterocycles. The average molecular weight is 268 g/mol. The van der Waals surface area contributed by atoms with Crippen LogP contribution in [0.4, 0.5) is 4.79 Å². The molecule has 2 amide bonds. The van der Waals surface area contributed by atoms with E-state index in [9.17, 15) is 9.59 Å². The van der Waals surface area contributed by atoms with Crippen LogP contribution in [0.1, 0.15) is 40.5 Å². The first-order valence-corrected chi connectivity index (χ1v) is 6.72. The lowest BCUT2D eigenvalue weighted by Gasteiger charge is -2.23. The van der Waals surface area contributed by atoms with Crippen LogP contribution in [0.25, 0.3) is 0 Å². The Hall–Kier alpha value is -1.52. The van der Waals surface area contributed by atoms with Crippen LogP contribution in [0.15, 0.2) is 12.2 Å². The van der Waals surface area contributed by atoms with Crippen LogP contribution in [0.2, 0.25) is 0 Å². The van der Waals surface area contributed by atoms with Gasteiger partial charge in [-0.05, 0) is 40.5 Å². The summed E-state index contributed by atoms with van der Waals surface area (Å²) in [7, 11) is 0. The summed E-state index contributed by atoms with van der Waals surface area (Å²) in [5, 5.41) is 5.60. The Morgan fingerprint density at radius 2 is 2.26 bits per heavy atom. The van der Waals surface area contributed by atoms with Crippen LogP contribution in [0, 0.1) is 5.92 Å². The van der Waals surface area contributed by atoms with Crippen molar-refractivity contribution in [2.75, 3.05) is 6.54 Å². The summed E-state index contributed by atoms with van der Waals surface area (Å²) in [6.07, 6.45) is 4.73. The number of ether oxygens (including phenoxy) is 1. The number of nitrogens with one attached hydrogen (secondary N) is 2. The van der Waals surface area contributed by atoms with Crippen molar-refractivity contribution < 1.29 is 14.3 Å². The van der Waals surface area contributed by atoms with Crippen LogP contribution in [0.3, 0.4) is 0 Å². The Kier molecular flexibility index (Phi) is 5.39. The van der Waals surface area contributed by atoms with Crippen molar-refractivity contribution in [3.8, 4) is 0 Å². The molecule has 0 aromatic rings. The van der Waals surface area contributed by atoms with E-state index in [0.29, 0.717) is 6.42 Å². The molecule has 0 aliphatic carbocycles. The molecule has 5 nitrogen and oxygen atoms in total. The fraction of sp³-hybridized carbons (Fsp3) is 0.714. The number of carbonyl (C=O) groups excluding carboxylic acids is 2. The van der Waals surface area contributed by atoms with E-state index in [1.807, 2.05) is 39.8 Å². The largest absolute Gasteiger partial charge is 0.444 e. The molecular weight excluding hydrogens is 244 g/mol. The molecule has 0 saturated carbocycles. The maximum Gasteiger partial charge on any atom is 0.408 e. The van der Waals surface area contributed by atoms with E-state index >= 15 is 0 Å². The van der Waals surface area contributed by atoms with Crippen LogP contribution in [-0.2, 0) is 9.53 Å². The molecule has 1 aliphatic heterocycles. The zero-order chi connectivity index (χ0) is 14.5. The zero-order valence-electron chi connectivity index (χ0n) is 12.2. The smallest absolute Gasteiger partial charge is 0.408 e. The highest BCUT2D eigenvalue weighted by molar-refractivity contribution is 5.80. The Morgan fingerprint density at radius 1 is 1.58 bits per heavy atom. The summed E-state index contributed by atoms with van der Waals surface area (Å²) in [6.45, 7) is 8.07. The standard InChI is InChI=1S/C14H24N2O3/c1-5-6-11(9-10-7-8-15-12(10)17)16-13(18)19-14(2,3)4/h5-6,10-11H,7-9H2,1-4H3,(H,15,17)(H,16,18)/b6-5+. The van der Waals surface area contributed by atoms with Gasteiger partial charge in [-0.2, -0.15) is 0 Å². The van der Waals surface area contributed by atoms with Gasteiger partial charge in [0.25, 0.3) is 0 Å². The van der Waals surface area contributed by atoms with Gasteiger partial charge in [0, 0.05) is 12.5 Å². The molecule has 2 N–H and O–H groups in total. The molecule has 0 bridgehead atoms. The predicted molar refractivity (Wildman–Crippen MR) is 73.7 cm³/mol. The minimum Gasteiger partial charge on any atom is -0.444 e. The first-order chi connectivity index (χ1) is 8.81. The lowest BCUT2D eigenvalue weighted by molar-refractivity contribution is -0.122. The van der Waals surface area contributed by atoms with E-state index in [1.54, 1.807) is 0 Å². The third-order valence-electron chi connectivity index (χ3n) is 2.83. The molecule has 108 valence electrons. The predicted octanol–water partition coefficient (Wildman–Crippen LogP) is 1.98. The second kappa shape index (κ2) is 6.59. The maximum atomic E-state index is 11.7. The van der Waals surface area contributed by atoms with Crippen molar-refractivity contribution in [1.29, 1.82) is 0 Å². The Balaban J connectivity index is 2.53. The van der Waals surface area contributed by atoms with Gasteiger partial charge in [0.05, 0.1) is 6.04 Å². The van der Waals surface area contributed by atoms with Gasteiger partial charge in [0.1, 0.15) is 5.60 Å². The molecule has 5 heteroatoms. The molecule has 0 spiro atoms. The number of amides is 2. The van der Waals surface area contributed by atoms with E-state index < -0.39 is 11.7 Å². The van der Waals surface area contributed by atoms with Gasteiger partial charge in [0.15, 0.2) is 0 Å². The van der Waals surface area contributed by atoms with E-state index in [4.69, 9.17) is 4.74 Å².